The predicted octanol–water partition coefficient (Wildman–Crippen LogP) is 2.94. The summed E-state index contributed by atoms with van der Waals surface area (Å²) in [5, 5.41) is 6.06. The van der Waals surface area contributed by atoms with Gasteiger partial charge in [-0.3, -0.25) is 9.59 Å². The van der Waals surface area contributed by atoms with Crippen molar-refractivity contribution >= 4 is 11.8 Å². The molecule has 6 nitrogen and oxygen atoms in total. The van der Waals surface area contributed by atoms with Crippen LogP contribution < -0.4 is 20.1 Å². The first kappa shape index (κ1) is 19.5. The average Bonchev–Trinajstić information content (AvgIpc) is 3.51. The third-order valence-electron chi connectivity index (χ3n) is 5.71. The zero-order valence-corrected chi connectivity index (χ0v) is 16.3. The molecule has 0 radical (unpaired) electrons. The molecule has 2 aliphatic carbocycles. The molecule has 1 aromatic rings. The fraction of sp³-hybridized carbons (Fsp3) is 0.619. The van der Waals surface area contributed by atoms with Crippen molar-refractivity contribution in [3.8, 4) is 11.5 Å². The van der Waals surface area contributed by atoms with Crippen LogP contribution in [0.3, 0.4) is 0 Å². The van der Waals surface area contributed by atoms with E-state index in [1.54, 1.807) is 14.2 Å². The van der Waals surface area contributed by atoms with Crippen LogP contribution in [-0.4, -0.2) is 32.1 Å². The summed E-state index contributed by atoms with van der Waals surface area (Å²) in [6, 6.07) is 5.75. The van der Waals surface area contributed by atoms with Gasteiger partial charge in [0.2, 0.25) is 11.8 Å². The Bertz CT molecular complexity index is 677. The summed E-state index contributed by atoms with van der Waals surface area (Å²) >= 11 is 0. The number of hydrogen-bond acceptors (Lipinski definition) is 4. The molecule has 2 saturated carbocycles. The summed E-state index contributed by atoms with van der Waals surface area (Å²) in [4.78, 5) is 25.4. The molecule has 6 heteroatoms. The molecule has 2 amide bonds. The maximum atomic E-state index is 12.7. The first-order valence-electron chi connectivity index (χ1n) is 9.89. The lowest BCUT2D eigenvalue weighted by molar-refractivity contribution is -0.137. The molecule has 1 aromatic carbocycles. The SMILES string of the molecule is COc1ccc(CNC(=O)C2(C(=O)NC3CCCCCC3)CC2)cc1OC. The van der Waals surface area contributed by atoms with Gasteiger partial charge < -0.3 is 20.1 Å². The summed E-state index contributed by atoms with van der Waals surface area (Å²) in [6.07, 6.45) is 8.09. The van der Waals surface area contributed by atoms with E-state index in [0.29, 0.717) is 30.9 Å². The third kappa shape index (κ3) is 4.54. The lowest BCUT2D eigenvalue weighted by atomic mass is 10.0. The van der Waals surface area contributed by atoms with Gasteiger partial charge in [0.1, 0.15) is 5.41 Å². The van der Waals surface area contributed by atoms with Crippen molar-refractivity contribution in [2.45, 2.75) is 64.0 Å². The fourth-order valence-corrected chi connectivity index (χ4v) is 3.77. The summed E-state index contributed by atoms with van der Waals surface area (Å²) in [7, 11) is 3.17. The molecule has 2 fully saturated rings. The molecule has 0 spiro atoms. The van der Waals surface area contributed by atoms with Gasteiger partial charge in [0.25, 0.3) is 0 Å². The van der Waals surface area contributed by atoms with Crippen LogP contribution in [-0.2, 0) is 16.1 Å². The fourth-order valence-electron chi connectivity index (χ4n) is 3.77. The van der Waals surface area contributed by atoms with Gasteiger partial charge in [-0.25, -0.2) is 0 Å². The normalized spacial score (nSPS) is 18.9. The molecular formula is C21H30N2O4. The molecule has 0 unspecified atom stereocenters. The van der Waals surface area contributed by atoms with Crippen molar-refractivity contribution in [2.24, 2.45) is 5.41 Å². The van der Waals surface area contributed by atoms with Gasteiger partial charge in [0, 0.05) is 12.6 Å². The van der Waals surface area contributed by atoms with Crippen molar-refractivity contribution in [1.82, 2.24) is 10.6 Å². The average molecular weight is 374 g/mol. The Kier molecular flexibility index (Phi) is 6.24. The van der Waals surface area contributed by atoms with E-state index in [1.807, 2.05) is 18.2 Å². The second-order valence-corrected chi connectivity index (χ2v) is 7.62. The van der Waals surface area contributed by atoms with Crippen molar-refractivity contribution in [3.63, 3.8) is 0 Å². The number of rotatable bonds is 7. The molecule has 2 aliphatic rings. The highest BCUT2D eigenvalue weighted by atomic mass is 16.5. The van der Waals surface area contributed by atoms with E-state index in [4.69, 9.17) is 9.47 Å². The van der Waals surface area contributed by atoms with Gasteiger partial charge in [-0.05, 0) is 43.4 Å². The number of ether oxygens (including phenoxy) is 2. The lowest BCUT2D eigenvalue weighted by Gasteiger charge is -2.21. The van der Waals surface area contributed by atoms with Gasteiger partial charge in [0.05, 0.1) is 14.2 Å². The minimum absolute atomic E-state index is 0.0980. The summed E-state index contributed by atoms with van der Waals surface area (Å²) in [5.41, 5.74) is 0.0315. The lowest BCUT2D eigenvalue weighted by Crippen LogP contribution is -2.46. The van der Waals surface area contributed by atoms with Gasteiger partial charge in [0.15, 0.2) is 11.5 Å². The number of carbonyl (C=O) groups excluding carboxylic acids is 2. The van der Waals surface area contributed by atoms with Crippen molar-refractivity contribution in [1.29, 1.82) is 0 Å². The predicted molar refractivity (Wildman–Crippen MR) is 103 cm³/mol. The van der Waals surface area contributed by atoms with Crippen LogP contribution in [0.2, 0.25) is 0 Å². The van der Waals surface area contributed by atoms with Crippen molar-refractivity contribution < 1.29 is 19.1 Å². The molecule has 2 N–H and O–H groups in total. The molecule has 0 atom stereocenters. The highest BCUT2D eigenvalue weighted by molar-refractivity contribution is 6.07. The number of benzene rings is 1. The largest absolute Gasteiger partial charge is 0.493 e. The monoisotopic (exact) mass is 374 g/mol. The Morgan fingerprint density at radius 1 is 1.00 bits per heavy atom. The van der Waals surface area contributed by atoms with Crippen LogP contribution in [0, 0.1) is 5.41 Å². The first-order chi connectivity index (χ1) is 13.1. The van der Waals surface area contributed by atoms with E-state index in [1.165, 1.54) is 12.8 Å². The van der Waals surface area contributed by atoms with E-state index < -0.39 is 5.41 Å². The Labute approximate surface area is 161 Å². The molecule has 0 aromatic heterocycles. The smallest absolute Gasteiger partial charge is 0.235 e. The highest BCUT2D eigenvalue weighted by Crippen LogP contribution is 2.46. The molecule has 0 saturated heterocycles. The summed E-state index contributed by atoms with van der Waals surface area (Å²) < 4.78 is 10.5. The number of methoxy groups -OCH3 is 2. The molecule has 0 heterocycles. The van der Waals surface area contributed by atoms with Crippen molar-refractivity contribution in [2.75, 3.05) is 14.2 Å². The van der Waals surface area contributed by atoms with E-state index >= 15 is 0 Å². The highest BCUT2D eigenvalue weighted by Gasteiger charge is 2.56. The number of nitrogens with one attached hydrogen (secondary N) is 2. The standard InChI is InChI=1S/C21H30N2O4/c1-26-17-10-9-15(13-18(17)27-2)14-22-19(24)21(11-12-21)20(25)23-16-7-5-3-4-6-8-16/h9-10,13,16H,3-8,11-12,14H2,1-2H3,(H,22,24)(H,23,25). The van der Waals surface area contributed by atoms with Gasteiger partial charge >= 0.3 is 0 Å². The second-order valence-electron chi connectivity index (χ2n) is 7.62. The van der Waals surface area contributed by atoms with E-state index in [-0.39, 0.29) is 17.9 Å². The summed E-state index contributed by atoms with van der Waals surface area (Å²) in [6.45, 7) is 0.359. The first-order valence-corrected chi connectivity index (χ1v) is 9.89. The topological polar surface area (TPSA) is 76.7 Å². The quantitative estimate of drug-likeness (QED) is 0.568. The Morgan fingerprint density at radius 3 is 2.26 bits per heavy atom. The maximum Gasteiger partial charge on any atom is 0.235 e. The maximum absolute atomic E-state index is 12.7. The molecule has 148 valence electrons. The van der Waals surface area contributed by atoms with Crippen LogP contribution >= 0.6 is 0 Å². The van der Waals surface area contributed by atoms with Crippen molar-refractivity contribution in [3.05, 3.63) is 23.8 Å². The third-order valence-corrected chi connectivity index (χ3v) is 5.71. The Balaban J connectivity index is 1.56. The van der Waals surface area contributed by atoms with E-state index in [0.717, 1.165) is 31.2 Å². The van der Waals surface area contributed by atoms with Gasteiger partial charge in [-0.15, -0.1) is 0 Å². The minimum atomic E-state index is -0.872. The van der Waals surface area contributed by atoms with Gasteiger partial charge in [-0.1, -0.05) is 31.7 Å². The van der Waals surface area contributed by atoms with Crippen LogP contribution in [0.25, 0.3) is 0 Å². The molecule has 0 aliphatic heterocycles. The van der Waals surface area contributed by atoms with E-state index in [9.17, 15) is 9.59 Å². The Morgan fingerprint density at radius 2 is 1.67 bits per heavy atom. The minimum Gasteiger partial charge on any atom is -0.493 e. The molecule has 0 bridgehead atoms. The zero-order chi connectivity index (χ0) is 19.3. The van der Waals surface area contributed by atoms with Crippen LogP contribution in [0.5, 0.6) is 11.5 Å². The molecular weight excluding hydrogens is 344 g/mol. The number of carbonyl (C=O) groups is 2. The van der Waals surface area contributed by atoms with Crippen LogP contribution in [0.15, 0.2) is 18.2 Å². The number of amides is 2. The summed E-state index contributed by atoms with van der Waals surface area (Å²) in [5.74, 6) is 0.994. The van der Waals surface area contributed by atoms with E-state index in [2.05, 4.69) is 10.6 Å². The van der Waals surface area contributed by atoms with Crippen LogP contribution in [0.4, 0.5) is 0 Å². The molecule has 3 rings (SSSR count). The Hall–Kier alpha value is -2.24. The van der Waals surface area contributed by atoms with Crippen LogP contribution in [0.1, 0.15) is 56.9 Å². The number of hydrogen-bond donors (Lipinski definition) is 2. The molecule has 27 heavy (non-hydrogen) atoms. The second kappa shape index (κ2) is 8.63. The van der Waals surface area contributed by atoms with Gasteiger partial charge in [-0.2, -0.15) is 0 Å². The zero-order valence-electron chi connectivity index (χ0n) is 16.3.